The minimum Gasteiger partial charge on any atom is -0.489 e. The van der Waals surface area contributed by atoms with Crippen molar-refractivity contribution in [2.45, 2.75) is 13.0 Å². The van der Waals surface area contributed by atoms with Crippen LogP contribution in [0.2, 0.25) is 5.02 Å². The van der Waals surface area contributed by atoms with Crippen molar-refractivity contribution in [1.29, 1.82) is 0 Å². The van der Waals surface area contributed by atoms with E-state index in [1.165, 1.54) is 0 Å². The van der Waals surface area contributed by atoms with Gasteiger partial charge >= 0.3 is 0 Å². The number of nitrogens with zero attached hydrogens (tertiary/aromatic N) is 3. The molecule has 0 saturated carbocycles. The van der Waals surface area contributed by atoms with Gasteiger partial charge in [0.2, 0.25) is 0 Å². The summed E-state index contributed by atoms with van der Waals surface area (Å²) in [6, 6.07) is 25.7. The largest absolute Gasteiger partial charge is 0.489 e. The van der Waals surface area contributed by atoms with E-state index in [4.69, 9.17) is 31.3 Å². The van der Waals surface area contributed by atoms with E-state index in [1.807, 2.05) is 85.1 Å². The van der Waals surface area contributed by atoms with Crippen LogP contribution in [0, 0.1) is 0 Å². The fraction of sp³-hybridized carbons (Fsp3) is 0.0741. The van der Waals surface area contributed by atoms with E-state index in [0.717, 1.165) is 50.2 Å². The van der Waals surface area contributed by atoms with Crippen LogP contribution in [0.5, 0.6) is 5.75 Å². The van der Waals surface area contributed by atoms with Crippen molar-refractivity contribution in [3.8, 4) is 17.3 Å². The van der Waals surface area contributed by atoms with Crippen molar-refractivity contribution >= 4 is 45.9 Å². The Balaban J connectivity index is 0.00000253. The first-order valence-electron chi connectivity index (χ1n) is 11.0. The molecule has 0 unspecified atom stereocenters. The zero-order valence-corrected chi connectivity index (χ0v) is 20.1. The highest BCUT2D eigenvalue weighted by atomic mass is 35.5. The number of hydrogen-bond acceptors (Lipinski definition) is 4. The topological polar surface area (TPSA) is 79.5 Å². The van der Waals surface area contributed by atoms with Gasteiger partial charge in [-0.3, -0.25) is 0 Å². The number of nitrogens with one attached hydrogen (secondary N) is 2. The standard InChI is InChI=1S/C27H20ClN5O.ClH/c28-20-9-10-26(34-16-17-5-2-1-3-6-17)18(11-20)12-21-7-4-8-22(30-21)27-31-24-13-19-15-29-33-23(19)14-25(24)32-27;/h1-11,13-15,29,33H,12,16H2;1H. The van der Waals surface area contributed by atoms with Crippen LogP contribution < -0.4 is 4.74 Å². The van der Waals surface area contributed by atoms with E-state index in [0.29, 0.717) is 23.9 Å². The maximum Gasteiger partial charge on any atom is 0.179 e. The Morgan fingerprint density at radius 1 is 0.829 bits per heavy atom. The Morgan fingerprint density at radius 2 is 1.66 bits per heavy atom. The summed E-state index contributed by atoms with van der Waals surface area (Å²) >= 11 is 6.31. The molecule has 0 fully saturated rings. The van der Waals surface area contributed by atoms with Crippen molar-refractivity contribution in [2.75, 3.05) is 0 Å². The second kappa shape index (κ2) is 9.78. The van der Waals surface area contributed by atoms with Gasteiger partial charge in [-0.1, -0.05) is 48.0 Å². The molecule has 2 N–H and O–H groups in total. The number of fused-ring (bicyclic) bond motifs is 2. The van der Waals surface area contributed by atoms with Gasteiger partial charge in [0.1, 0.15) is 18.1 Å². The first-order valence-corrected chi connectivity index (χ1v) is 11.3. The fourth-order valence-electron chi connectivity index (χ4n) is 4.02. The lowest BCUT2D eigenvalue weighted by atomic mass is 10.1. The van der Waals surface area contributed by atoms with E-state index in [-0.39, 0.29) is 12.4 Å². The molecule has 0 aliphatic heterocycles. The van der Waals surface area contributed by atoms with Gasteiger partial charge < -0.3 is 14.9 Å². The Hall–Kier alpha value is -3.87. The first kappa shape index (κ1) is 22.9. The summed E-state index contributed by atoms with van der Waals surface area (Å²) in [5, 5.41) is 7.81. The molecule has 35 heavy (non-hydrogen) atoms. The molecular formula is C27H21Cl2N5O. The number of halogens is 2. The Labute approximate surface area is 212 Å². The summed E-state index contributed by atoms with van der Waals surface area (Å²) in [6.07, 6.45) is 2.49. The molecule has 6 aromatic rings. The van der Waals surface area contributed by atoms with Crippen molar-refractivity contribution in [3.05, 3.63) is 107 Å². The molecule has 0 amide bonds. The monoisotopic (exact) mass is 501 g/mol. The molecule has 174 valence electrons. The SMILES string of the molecule is Cl.Clc1ccc(OCc2ccccc2)c(Cc2cccc(-c3nc4cc5c[nH][nH]c5cc4n3)n2)c1. The molecule has 6 rings (SSSR count). The smallest absolute Gasteiger partial charge is 0.179 e. The number of benzene rings is 3. The highest BCUT2D eigenvalue weighted by molar-refractivity contribution is 6.30. The minimum absolute atomic E-state index is 0. The van der Waals surface area contributed by atoms with Gasteiger partial charge in [-0.2, -0.15) is 0 Å². The summed E-state index contributed by atoms with van der Waals surface area (Å²) in [7, 11) is 0. The molecule has 0 aliphatic rings. The highest BCUT2D eigenvalue weighted by Gasteiger charge is 2.12. The average Bonchev–Trinajstić information content (AvgIpc) is 3.49. The number of aromatic amines is 2. The van der Waals surface area contributed by atoms with E-state index >= 15 is 0 Å². The lowest BCUT2D eigenvalue weighted by Gasteiger charge is -2.12. The number of hydrogen-bond donors (Lipinski definition) is 2. The Morgan fingerprint density at radius 3 is 2.51 bits per heavy atom. The maximum absolute atomic E-state index is 6.31. The number of ether oxygens (including phenoxy) is 1. The summed E-state index contributed by atoms with van der Waals surface area (Å²) in [5.74, 6) is 1.41. The third-order valence-electron chi connectivity index (χ3n) is 5.70. The van der Waals surface area contributed by atoms with E-state index in [1.54, 1.807) is 0 Å². The minimum atomic E-state index is 0. The first-order chi connectivity index (χ1) is 16.7. The quantitative estimate of drug-likeness (QED) is 0.264. The molecule has 0 bridgehead atoms. The number of H-pyrrole nitrogens is 2. The van der Waals surface area contributed by atoms with E-state index in [2.05, 4.69) is 10.2 Å². The Kier molecular flexibility index (Phi) is 6.40. The van der Waals surface area contributed by atoms with Gasteiger partial charge in [0, 0.05) is 34.3 Å². The number of imidazole rings is 1. The van der Waals surface area contributed by atoms with Crippen LogP contribution in [0.3, 0.4) is 0 Å². The fourth-order valence-corrected chi connectivity index (χ4v) is 4.21. The zero-order chi connectivity index (χ0) is 22.9. The van der Waals surface area contributed by atoms with Crippen LogP contribution in [-0.4, -0.2) is 25.1 Å². The average molecular weight is 502 g/mol. The second-order valence-electron chi connectivity index (χ2n) is 8.11. The van der Waals surface area contributed by atoms with E-state index in [9.17, 15) is 0 Å². The summed E-state index contributed by atoms with van der Waals surface area (Å²) < 4.78 is 6.12. The number of aromatic nitrogens is 5. The molecule has 0 saturated heterocycles. The van der Waals surface area contributed by atoms with Gasteiger partial charge in [0.15, 0.2) is 5.82 Å². The second-order valence-corrected chi connectivity index (χ2v) is 8.54. The van der Waals surface area contributed by atoms with Crippen LogP contribution in [0.1, 0.15) is 16.8 Å². The van der Waals surface area contributed by atoms with Crippen molar-refractivity contribution in [1.82, 2.24) is 25.1 Å². The van der Waals surface area contributed by atoms with Crippen molar-refractivity contribution < 1.29 is 4.74 Å². The van der Waals surface area contributed by atoms with Crippen LogP contribution in [-0.2, 0) is 13.0 Å². The summed E-state index contributed by atoms with van der Waals surface area (Å²) in [5.41, 5.74) is 6.37. The predicted molar refractivity (Wildman–Crippen MR) is 141 cm³/mol. The molecule has 8 heteroatoms. The summed E-state index contributed by atoms with van der Waals surface area (Å²) in [6.45, 7) is 0.489. The molecule has 0 spiro atoms. The molecule has 0 radical (unpaired) electrons. The predicted octanol–water partition coefficient (Wildman–Crippen LogP) is 6.75. The van der Waals surface area contributed by atoms with Crippen molar-refractivity contribution in [2.24, 2.45) is 0 Å². The molecule has 6 nitrogen and oxygen atoms in total. The molecule has 0 atom stereocenters. The third-order valence-corrected chi connectivity index (χ3v) is 5.94. The van der Waals surface area contributed by atoms with Crippen LogP contribution in [0.4, 0.5) is 0 Å². The normalized spacial score (nSPS) is 11.0. The van der Waals surface area contributed by atoms with E-state index < -0.39 is 0 Å². The van der Waals surface area contributed by atoms with Crippen molar-refractivity contribution in [3.63, 3.8) is 0 Å². The van der Waals surface area contributed by atoms with Crippen LogP contribution in [0.25, 0.3) is 33.5 Å². The highest BCUT2D eigenvalue weighted by Crippen LogP contribution is 2.27. The molecule has 3 heterocycles. The molecule has 3 aromatic heterocycles. The molecule has 3 aromatic carbocycles. The lowest BCUT2D eigenvalue weighted by Crippen LogP contribution is -2.01. The maximum atomic E-state index is 6.31. The number of pyridine rings is 1. The van der Waals surface area contributed by atoms with Gasteiger partial charge in [-0.25, -0.2) is 15.0 Å². The lowest BCUT2D eigenvalue weighted by molar-refractivity contribution is 0.303. The molecule has 0 aliphatic carbocycles. The van der Waals surface area contributed by atoms with Gasteiger partial charge in [-0.15, -0.1) is 12.4 Å². The Bertz CT molecular complexity index is 1560. The van der Waals surface area contributed by atoms with Crippen LogP contribution in [0.15, 0.2) is 85.1 Å². The van der Waals surface area contributed by atoms with Gasteiger partial charge in [0.05, 0.1) is 16.6 Å². The third kappa shape index (κ3) is 4.85. The van der Waals surface area contributed by atoms with Gasteiger partial charge in [-0.05, 0) is 48.0 Å². The number of rotatable bonds is 6. The van der Waals surface area contributed by atoms with Gasteiger partial charge in [0.25, 0.3) is 0 Å². The van der Waals surface area contributed by atoms with Crippen LogP contribution >= 0.6 is 24.0 Å². The zero-order valence-electron chi connectivity index (χ0n) is 18.5. The summed E-state index contributed by atoms with van der Waals surface area (Å²) in [4.78, 5) is 14.3. The molecular weight excluding hydrogens is 481 g/mol.